The lowest BCUT2D eigenvalue weighted by molar-refractivity contribution is 0.489. The van der Waals surface area contributed by atoms with Crippen molar-refractivity contribution in [1.82, 2.24) is 4.98 Å². The van der Waals surface area contributed by atoms with Gasteiger partial charge < -0.3 is 10.2 Å². The third kappa shape index (κ3) is 2.69. The van der Waals surface area contributed by atoms with Crippen molar-refractivity contribution in [2.75, 3.05) is 5.73 Å². The molecule has 6 heteroatoms. The van der Waals surface area contributed by atoms with Crippen LogP contribution in [0.3, 0.4) is 0 Å². The van der Waals surface area contributed by atoms with Gasteiger partial charge in [0.15, 0.2) is 5.58 Å². The number of thioether (sulfide) groups is 1. The molecule has 0 aliphatic heterocycles. The van der Waals surface area contributed by atoms with E-state index in [4.69, 9.17) is 15.4 Å². The number of nitriles is 1. The molecule has 3 aromatic rings. The van der Waals surface area contributed by atoms with Gasteiger partial charge in [-0.15, -0.1) is 0 Å². The molecule has 0 radical (unpaired) electrons. The first-order valence-electron chi connectivity index (χ1n) is 6.14. The minimum Gasteiger partial charge on any atom is -0.431 e. The number of aromatic nitrogens is 1. The highest BCUT2D eigenvalue weighted by molar-refractivity contribution is 7.98. The predicted octanol–water partition coefficient (Wildman–Crippen LogP) is 3.71. The van der Waals surface area contributed by atoms with Crippen molar-refractivity contribution >= 4 is 28.5 Å². The second-order valence-electron chi connectivity index (χ2n) is 4.39. The lowest BCUT2D eigenvalue weighted by Gasteiger charge is -2.01. The molecule has 2 N–H and O–H groups in total. The van der Waals surface area contributed by atoms with Crippen LogP contribution in [0, 0.1) is 17.1 Å². The Labute approximate surface area is 124 Å². The monoisotopic (exact) mass is 299 g/mol. The average molecular weight is 299 g/mol. The quantitative estimate of drug-likeness (QED) is 0.589. The van der Waals surface area contributed by atoms with E-state index in [0.717, 1.165) is 0 Å². The maximum atomic E-state index is 13.9. The number of nitrogen functional groups attached to an aromatic ring is 1. The van der Waals surface area contributed by atoms with E-state index >= 15 is 0 Å². The van der Waals surface area contributed by atoms with Gasteiger partial charge in [-0.3, -0.25) is 0 Å². The van der Waals surface area contributed by atoms with E-state index in [1.54, 1.807) is 30.3 Å². The molecular formula is C15H10FN3OS. The van der Waals surface area contributed by atoms with Crippen LogP contribution in [-0.4, -0.2) is 4.98 Å². The maximum absolute atomic E-state index is 13.9. The Kier molecular flexibility index (Phi) is 3.50. The zero-order chi connectivity index (χ0) is 14.8. The molecule has 4 nitrogen and oxygen atoms in total. The van der Waals surface area contributed by atoms with Crippen molar-refractivity contribution in [2.45, 2.75) is 11.0 Å². The number of nitrogens with two attached hydrogens (primary N) is 1. The highest BCUT2D eigenvalue weighted by Crippen LogP contribution is 2.28. The van der Waals surface area contributed by atoms with Gasteiger partial charge in [-0.05, 0) is 29.8 Å². The van der Waals surface area contributed by atoms with Gasteiger partial charge in [0, 0.05) is 11.4 Å². The number of hydrogen-bond acceptors (Lipinski definition) is 5. The molecule has 0 aliphatic carbocycles. The molecule has 2 aromatic carbocycles. The van der Waals surface area contributed by atoms with E-state index in [0.29, 0.717) is 33.3 Å². The predicted molar refractivity (Wildman–Crippen MR) is 79.1 cm³/mol. The average Bonchev–Trinajstić information content (AvgIpc) is 2.88. The number of oxazole rings is 1. The number of fused-ring (bicyclic) bond motifs is 1. The van der Waals surface area contributed by atoms with E-state index in [1.165, 1.54) is 17.8 Å². The third-order valence-electron chi connectivity index (χ3n) is 2.94. The van der Waals surface area contributed by atoms with Crippen LogP contribution in [-0.2, 0) is 5.75 Å². The lowest BCUT2D eigenvalue weighted by Crippen LogP contribution is -1.91. The van der Waals surface area contributed by atoms with Gasteiger partial charge in [0.05, 0.1) is 5.56 Å². The van der Waals surface area contributed by atoms with Gasteiger partial charge in [-0.1, -0.05) is 23.9 Å². The Morgan fingerprint density at radius 2 is 2.19 bits per heavy atom. The molecule has 104 valence electrons. The molecular weight excluding hydrogens is 289 g/mol. The zero-order valence-corrected chi connectivity index (χ0v) is 11.7. The second kappa shape index (κ2) is 5.46. The first-order chi connectivity index (χ1) is 10.2. The summed E-state index contributed by atoms with van der Waals surface area (Å²) in [5.74, 6) is -0.156. The smallest absolute Gasteiger partial charge is 0.257 e. The van der Waals surface area contributed by atoms with E-state index in [9.17, 15) is 4.39 Å². The molecule has 0 saturated heterocycles. The summed E-state index contributed by atoms with van der Waals surface area (Å²) >= 11 is 1.27. The largest absolute Gasteiger partial charge is 0.431 e. The Morgan fingerprint density at radius 3 is 3.00 bits per heavy atom. The first kappa shape index (κ1) is 13.5. The number of halogens is 1. The van der Waals surface area contributed by atoms with E-state index in [1.807, 2.05) is 6.07 Å². The van der Waals surface area contributed by atoms with Crippen LogP contribution in [0.4, 0.5) is 10.1 Å². The van der Waals surface area contributed by atoms with Gasteiger partial charge in [0.25, 0.3) is 5.22 Å². The van der Waals surface area contributed by atoms with E-state index in [-0.39, 0.29) is 5.56 Å². The molecule has 0 atom stereocenters. The number of hydrogen-bond donors (Lipinski definition) is 1. The Morgan fingerprint density at radius 1 is 1.33 bits per heavy atom. The Balaban J connectivity index is 1.82. The summed E-state index contributed by atoms with van der Waals surface area (Å²) in [7, 11) is 0. The van der Waals surface area contributed by atoms with E-state index in [2.05, 4.69) is 4.98 Å². The van der Waals surface area contributed by atoms with Crippen molar-refractivity contribution < 1.29 is 8.81 Å². The molecule has 0 aliphatic rings. The number of anilines is 1. The molecule has 0 unspecified atom stereocenters. The van der Waals surface area contributed by atoms with Crippen LogP contribution >= 0.6 is 11.8 Å². The van der Waals surface area contributed by atoms with Crippen LogP contribution in [0.15, 0.2) is 46.0 Å². The van der Waals surface area contributed by atoms with Crippen LogP contribution in [0.1, 0.15) is 11.1 Å². The fourth-order valence-corrected chi connectivity index (χ4v) is 2.72. The van der Waals surface area contributed by atoms with E-state index < -0.39 is 5.82 Å². The number of rotatable bonds is 3. The standard InChI is InChI=1S/C15H10FN3OS/c16-14-9(7-17)2-1-3-10(14)8-21-15-19-12-6-11(18)4-5-13(12)20-15/h1-6H,8,18H2. The Bertz CT molecular complexity index is 854. The summed E-state index contributed by atoms with van der Waals surface area (Å²) in [5, 5.41) is 9.25. The molecule has 0 saturated carbocycles. The van der Waals surface area contributed by atoms with Gasteiger partial charge in [-0.2, -0.15) is 5.26 Å². The molecule has 0 amide bonds. The third-order valence-corrected chi connectivity index (χ3v) is 3.82. The SMILES string of the molecule is N#Cc1cccc(CSc2nc3cc(N)ccc3o2)c1F. The molecule has 0 fully saturated rings. The molecule has 1 heterocycles. The van der Waals surface area contributed by atoms with Crippen LogP contribution in [0.2, 0.25) is 0 Å². The van der Waals surface area contributed by atoms with Gasteiger partial charge in [0.2, 0.25) is 0 Å². The van der Waals surface area contributed by atoms with Crippen molar-refractivity contribution in [3.05, 3.63) is 53.3 Å². The van der Waals surface area contributed by atoms with Crippen LogP contribution in [0.25, 0.3) is 11.1 Å². The summed E-state index contributed by atoms with van der Waals surface area (Å²) in [4.78, 5) is 4.29. The minimum absolute atomic E-state index is 0.0402. The molecule has 1 aromatic heterocycles. The fourth-order valence-electron chi connectivity index (χ4n) is 1.90. The summed E-state index contributed by atoms with van der Waals surface area (Å²) in [6.45, 7) is 0. The highest BCUT2D eigenvalue weighted by atomic mass is 32.2. The van der Waals surface area contributed by atoms with Gasteiger partial charge in [-0.25, -0.2) is 9.37 Å². The molecule has 3 rings (SSSR count). The topological polar surface area (TPSA) is 75.8 Å². The van der Waals surface area contributed by atoms with Crippen molar-refractivity contribution in [3.63, 3.8) is 0 Å². The normalized spacial score (nSPS) is 10.7. The second-order valence-corrected chi connectivity index (χ2v) is 5.31. The summed E-state index contributed by atoms with van der Waals surface area (Å²) in [5.41, 5.74) is 8.09. The summed E-state index contributed by atoms with van der Waals surface area (Å²) in [6, 6.07) is 11.8. The van der Waals surface area contributed by atoms with Gasteiger partial charge >= 0.3 is 0 Å². The molecule has 21 heavy (non-hydrogen) atoms. The maximum Gasteiger partial charge on any atom is 0.257 e. The summed E-state index contributed by atoms with van der Waals surface area (Å²) < 4.78 is 19.5. The fraction of sp³-hybridized carbons (Fsp3) is 0.0667. The minimum atomic E-state index is -0.493. The Hall–Kier alpha value is -2.52. The van der Waals surface area contributed by atoms with Crippen LogP contribution < -0.4 is 5.73 Å². The van der Waals surface area contributed by atoms with Crippen molar-refractivity contribution in [2.24, 2.45) is 0 Å². The number of benzene rings is 2. The first-order valence-corrected chi connectivity index (χ1v) is 7.12. The number of nitrogens with zero attached hydrogens (tertiary/aromatic N) is 2. The summed E-state index contributed by atoms with van der Waals surface area (Å²) in [6.07, 6.45) is 0. The van der Waals surface area contributed by atoms with Crippen molar-refractivity contribution in [1.29, 1.82) is 5.26 Å². The van der Waals surface area contributed by atoms with Gasteiger partial charge in [0.1, 0.15) is 17.4 Å². The zero-order valence-electron chi connectivity index (χ0n) is 10.8. The van der Waals surface area contributed by atoms with Crippen LogP contribution in [0.5, 0.6) is 0 Å². The molecule has 0 bridgehead atoms. The molecule has 0 spiro atoms. The lowest BCUT2D eigenvalue weighted by atomic mass is 10.1. The highest BCUT2D eigenvalue weighted by Gasteiger charge is 2.11. The van der Waals surface area contributed by atoms with Crippen molar-refractivity contribution in [3.8, 4) is 6.07 Å².